The Bertz CT molecular complexity index is 1470. The van der Waals surface area contributed by atoms with E-state index in [9.17, 15) is 60.7 Å². The molecule has 1 heterocycles. The molecule has 0 aliphatic heterocycles. The minimum Gasteiger partial charge on any atom is -0.218 e. The number of hydrogen-bond donors (Lipinski definition) is 0. The number of thiophene rings is 1. The van der Waals surface area contributed by atoms with E-state index in [-0.39, 0.29) is 11.3 Å². The van der Waals surface area contributed by atoms with E-state index in [0.29, 0.717) is 0 Å². The average molecular weight is 796 g/mol. The number of sulfone groups is 2. The lowest BCUT2D eigenvalue weighted by Crippen LogP contribution is -2.18. The molecule has 0 bridgehead atoms. The van der Waals surface area contributed by atoms with E-state index >= 15 is 0 Å². The first-order valence-corrected chi connectivity index (χ1v) is 13.8. The van der Waals surface area contributed by atoms with E-state index in [0.717, 1.165) is 45.2 Å². The number of halogens is 12. The Morgan fingerprint density at radius 3 is 0.829 bits per heavy atom. The van der Waals surface area contributed by atoms with Crippen LogP contribution >= 0.6 is 56.5 Å². The van der Waals surface area contributed by atoms with Crippen molar-refractivity contribution in [1.29, 1.82) is 0 Å². The smallest absolute Gasteiger partial charge is 0.215 e. The van der Waals surface area contributed by atoms with E-state index in [1.807, 2.05) is 0 Å². The van der Waals surface area contributed by atoms with Gasteiger partial charge in [-0.15, -0.1) is 11.3 Å². The van der Waals surface area contributed by atoms with Gasteiger partial charge in [-0.2, -0.15) is 0 Å². The van der Waals surface area contributed by atoms with Gasteiger partial charge in [-0.1, -0.05) is 0 Å². The van der Waals surface area contributed by atoms with Crippen molar-refractivity contribution in [3.8, 4) is 0 Å². The highest BCUT2D eigenvalue weighted by Gasteiger charge is 2.44. The lowest BCUT2D eigenvalue weighted by Gasteiger charge is -2.13. The van der Waals surface area contributed by atoms with Crippen LogP contribution in [0.15, 0.2) is 19.6 Å². The Morgan fingerprint density at radius 1 is 0.400 bits per heavy atom. The molecule has 3 aromatic rings. The monoisotopic (exact) mass is 796 g/mol. The van der Waals surface area contributed by atoms with Crippen LogP contribution in [-0.2, 0) is 19.7 Å². The topological polar surface area (TPSA) is 68.3 Å². The minimum absolute atomic E-state index is 0.188. The minimum atomic E-state index is -6.03. The lowest BCUT2D eigenvalue weighted by molar-refractivity contribution is 0.357. The highest BCUT2D eigenvalue weighted by molar-refractivity contribution is 14.1. The summed E-state index contributed by atoms with van der Waals surface area (Å²) in [5, 5.41) is 0. The predicted molar refractivity (Wildman–Crippen MR) is 113 cm³/mol. The summed E-state index contributed by atoms with van der Waals surface area (Å²) in [7, 11) is -12.1. The molecule has 0 atom stereocenters. The first kappa shape index (κ1) is 28.4. The van der Waals surface area contributed by atoms with Crippen LogP contribution < -0.4 is 0 Å². The van der Waals surface area contributed by atoms with Crippen LogP contribution in [0.5, 0.6) is 0 Å². The SMILES string of the molecule is O=S(=O)(c1c(F)c(F)c(F)c(F)c1F)c1c(I)sc(I)c1S(=O)(=O)c1c(F)c(F)c(F)c(F)c1F. The van der Waals surface area contributed by atoms with Gasteiger partial charge in [0, 0.05) is 0 Å². The molecule has 190 valence electrons. The number of hydrogen-bond acceptors (Lipinski definition) is 5. The Hall–Kier alpha value is -1.20. The second-order valence-corrected chi connectivity index (χ2v) is 14.4. The quantitative estimate of drug-likeness (QED) is 0.107. The van der Waals surface area contributed by atoms with E-state index in [2.05, 4.69) is 0 Å². The van der Waals surface area contributed by atoms with Gasteiger partial charge in [0.05, 0.1) is 5.77 Å². The van der Waals surface area contributed by atoms with Crippen molar-refractivity contribution in [3.63, 3.8) is 0 Å². The molecule has 0 radical (unpaired) electrons. The molecule has 0 saturated carbocycles. The van der Waals surface area contributed by atoms with Gasteiger partial charge in [-0.3, -0.25) is 0 Å². The predicted octanol–water partition coefficient (Wildman–Crippen LogP) is 6.01. The van der Waals surface area contributed by atoms with Gasteiger partial charge in [-0.05, 0) is 45.2 Å². The van der Waals surface area contributed by atoms with Crippen LogP contribution in [0.4, 0.5) is 43.9 Å². The molecule has 0 spiro atoms. The molecule has 35 heavy (non-hydrogen) atoms. The van der Waals surface area contributed by atoms with Gasteiger partial charge < -0.3 is 0 Å². The van der Waals surface area contributed by atoms with Crippen LogP contribution in [0, 0.1) is 63.9 Å². The summed E-state index contributed by atoms with van der Waals surface area (Å²) in [6.45, 7) is 0. The van der Waals surface area contributed by atoms with Gasteiger partial charge in [-0.25, -0.2) is 60.7 Å². The third-order valence-electron chi connectivity index (χ3n) is 4.16. The van der Waals surface area contributed by atoms with Crippen LogP contribution in [0.25, 0.3) is 0 Å². The highest BCUT2D eigenvalue weighted by Crippen LogP contribution is 2.45. The zero-order chi connectivity index (χ0) is 26.9. The molecular weight excluding hydrogens is 796 g/mol. The molecule has 0 aliphatic carbocycles. The van der Waals surface area contributed by atoms with Gasteiger partial charge in [0.1, 0.15) is 19.6 Å². The summed E-state index contributed by atoms with van der Waals surface area (Å²) in [4.78, 5) is -8.43. The molecular formula is C16F10I2O4S3. The summed E-state index contributed by atoms with van der Waals surface area (Å²) in [6, 6.07) is 0. The maximum atomic E-state index is 14.2. The maximum Gasteiger partial charge on any atom is 0.215 e. The second kappa shape index (κ2) is 9.28. The van der Waals surface area contributed by atoms with Crippen molar-refractivity contribution in [2.45, 2.75) is 19.6 Å². The van der Waals surface area contributed by atoms with Gasteiger partial charge in [0.25, 0.3) is 0 Å². The van der Waals surface area contributed by atoms with Gasteiger partial charge >= 0.3 is 0 Å². The van der Waals surface area contributed by atoms with E-state index in [1.54, 1.807) is 0 Å². The summed E-state index contributed by atoms with van der Waals surface area (Å²) < 4.78 is 189. The number of rotatable bonds is 4. The summed E-state index contributed by atoms with van der Waals surface area (Å²) in [5.74, 6) is -27.9. The molecule has 19 heteroatoms. The molecule has 0 aliphatic rings. The fraction of sp³-hybridized carbons (Fsp3) is 0. The summed E-state index contributed by atoms with van der Waals surface area (Å²) >= 11 is 2.33. The third kappa shape index (κ3) is 4.13. The lowest BCUT2D eigenvalue weighted by atomic mass is 10.3. The molecule has 2 aromatic carbocycles. The fourth-order valence-corrected chi connectivity index (χ4v) is 12.9. The van der Waals surface area contributed by atoms with Crippen molar-refractivity contribution in [1.82, 2.24) is 0 Å². The first-order chi connectivity index (χ1) is 15.9. The van der Waals surface area contributed by atoms with E-state index in [1.165, 1.54) is 0 Å². The van der Waals surface area contributed by atoms with Crippen molar-refractivity contribution < 1.29 is 60.7 Å². The zero-order valence-corrected chi connectivity index (χ0v) is 22.2. The van der Waals surface area contributed by atoms with E-state index < -0.39 is 103 Å². The summed E-state index contributed by atoms with van der Waals surface area (Å²) in [6.07, 6.45) is 0. The van der Waals surface area contributed by atoms with Crippen LogP contribution in [-0.4, -0.2) is 16.8 Å². The van der Waals surface area contributed by atoms with Crippen LogP contribution in [0.1, 0.15) is 0 Å². The van der Waals surface area contributed by atoms with E-state index in [4.69, 9.17) is 0 Å². The normalized spacial score (nSPS) is 12.5. The maximum absolute atomic E-state index is 14.2. The molecule has 3 rings (SSSR count). The Kier molecular flexibility index (Phi) is 7.52. The van der Waals surface area contributed by atoms with Gasteiger partial charge in [0.2, 0.25) is 31.3 Å². The molecule has 4 nitrogen and oxygen atoms in total. The van der Waals surface area contributed by atoms with Crippen LogP contribution in [0.3, 0.4) is 0 Å². The van der Waals surface area contributed by atoms with Crippen molar-refractivity contribution in [2.75, 3.05) is 0 Å². The Morgan fingerprint density at radius 2 is 0.600 bits per heavy atom. The van der Waals surface area contributed by atoms with Crippen LogP contribution in [0.2, 0.25) is 0 Å². The average Bonchev–Trinajstić information content (AvgIpc) is 3.08. The fourth-order valence-electron chi connectivity index (χ4n) is 2.65. The molecule has 0 N–H and O–H groups in total. The number of benzene rings is 2. The molecule has 0 amide bonds. The molecule has 0 fully saturated rings. The van der Waals surface area contributed by atoms with Crippen molar-refractivity contribution in [3.05, 3.63) is 63.9 Å². The Balaban J connectivity index is 2.50. The molecule has 0 saturated heterocycles. The second-order valence-electron chi connectivity index (χ2n) is 6.11. The largest absolute Gasteiger partial charge is 0.218 e. The van der Waals surface area contributed by atoms with Crippen molar-refractivity contribution in [2.24, 2.45) is 0 Å². The molecule has 0 unspecified atom stereocenters. The van der Waals surface area contributed by atoms with Crippen molar-refractivity contribution >= 4 is 76.2 Å². The standard InChI is InChI=1S/C16F10I2O4S3/c17-1-3(19)7(23)11(8(24)4(1)20)34(29,30)13-14(16(28)33-15(13)27)35(31,32)12-9(25)5(21)2(18)6(22)10(12)26. The molecule has 1 aromatic heterocycles. The third-order valence-corrected chi connectivity index (χ3v) is 12.1. The first-order valence-electron chi connectivity index (χ1n) is 7.91. The van der Waals surface area contributed by atoms with Gasteiger partial charge in [0.15, 0.2) is 46.5 Å². The Labute approximate surface area is 219 Å². The zero-order valence-electron chi connectivity index (χ0n) is 15.4. The summed E-state index contributed by atoms with van der Waals surface area (Å²) in [5.41, 5.74) is 0. The highest BCUT2D eigenvalue weighted by atomic mass is 127.